The molecule has 2 rings (SSSR count). The van der Waals surface area contributed by atoms with Gasteiger partial charge >= 0.3 is 0 Å². The summed E-state index contributed by atoms with van der Waals surface area (Å²) in [6, 6.07) is 14.1. The fraction of sp³-hybridized carbons (Fsp3) is 0.118. The number of nitrogens with one attached hydrogen (secondary N) is 1. The molecule has 0 spiro atoms. The zero-order chi connectivity index (χ0) is 15.1. The average Bonchev–Trinajstić information content (AvgIpc) is 2.53. The summed E-state index contributed by atoms with van der Waals surface area (Å²) in [5.74, 6) is 0.215. The van der Waals surface area contributed by atoms with Crippen LogP contribution in [0.2, 0.25) is 0 Å². The van der Waals surface area contributed by atoms with Crippen LogP contribution in [0.25, 0.3) is 0 Å². The molecule has 0 bridgehead atoms. The van der Waals surface area contributed by atoms with Crippen molar-refractivity contribution in [1.82, 2.24) is 0 Å². The number of benzene rings is 2. The van der Waals surface area contributed by atoms with E-state index in [9.17, 15) is 9.90 Å². The Labute approximate surface area is 123 Å². The van der Waals surface area contributed by atoms with E-state index in [0.717, 1.165) is 0 Å². The highest BCUT2D eigenvalue weighted by Gasteiger charge is 2.13. The van der Waals surface area contributed by atoms with Crippen molar-refractivity contribution in [1.29, 1.82) is 0 Å². The van der Waals surface area contributed by atoms with Gasteiger partial charge in [-0.2, -0.15) is 0 Å². The van der Waals surface area contributed by atoms with E-state index in [0.29, 0.717) is 29.2 Å². The fourth-order valence-corrected chi connectivity index (χ4v) is 1.90. The van der Waals surface area contributed by atoms with Gasteiger partial charge in [0.25, 0.3) is 5.91 Å². The summed E-state index contributed by atoms with van der Waals surface area (Å²) in [4.78, 5) is 12.4. The van der Waals surface area contributed by atoms with Crippen LogP contribution in [0.3, 0.4) is 0 Å². The third-order valence-corrected chi connectivity index (χ3v) is 2.92. The van der Waals surface area contributed by atoms with Crippen molar-refractivity contribution in [3.05, 3.63) is 72.3 Å². The summed E-state index contributed by atoms with van der Waals surface area (Å²) in [5.41, 5.74) is 1.69. The maximum atomic E-state index is 12.4. The number of aliphatic hydroxyl groups is 1. The predicted molar refractivity (Wildman–Crippen MR) is 82.5 cm³/mol. The molecule has 2 N–H and O–H groups in total. The summed E-state index contributed by atoms with van der Waals surface area (Å²) in [6.45, 7) is 3.78. The van der Waals surface area contributed by atoms with Gasteiger partial charge in [-0.3, -0.25) is 4.79 Å². The zero-order valence-electron chi connectivity index (χ0n) is 11.6. The Morgan fingerprint density at radius 1 is 1.19 bits per heavy atom. The van der Waals surface area contributed by atoms with Crippen LogP contribution in [0.15, 0.2) is 61.2 Å². The van der Waals surface area contributed by atoms with Crippen molar-refractivity contribution < 1.29 is 14.6 Å². The van der Waals surface area contributed by atoms with Crippen molar-refractivity contribution in [2.45, 2.75) is 6.61 Å². The lowest BCUT2D eigenvalue weighted by Gasteiger charge is -2.12. The number of amides is 1. The highest BCUT2D eigenvalue weighted by atomic mass is 16.5. The Hall–Kier alpha value is -2.59. The Balaban J connectivity index is 2.22. The molecule has 2 aromatic rings. The second kappa shape index (κ2) is 7.26. The molecule has 4 heteroatoms. The molecule has 0 fully saturated rings. The number of aliphatic hydroxyl groups excluding tert-OH is 1. The van der Waals surface area contributed by atoms with E-state index in [-0.39, 0.29) is 12.5 Å². The number of anilines is 1. The molecule has 0 radical (unpaired) electrons. The number of ether oxygens (including phenoxy) is 1. The van der Waals surface area contributed by atoms with Crippen LogP contribution in [0.4, 0.5) is 5.69 Å². The van der Waals surface area contributed by atoms with E-state index in [1.165, 1.54) is 0 Å². The van der Waals surface area contributed by atoms with Crippen molar-refractivity contribution in [3.63, 3.8) is 0 Å². The van der Waals surface area contributed by atoms with Gasteiger partial charge in [-0.25, -0.2) is 0 Å². The normalized spacial score (nSPS) is 9.95. The molecular formula is C17H17NO3. The highest BCUT2D eigenvalue weighted by molar-refractivity contribution is 6.06. The zero-order valence-corrected chi connectivity index (χ0v) is 11.6. The van der Waals surface area contributed by atoms with Crippen LogP contribution in [0.5, 0.6) is 5.75 Å². The summed E-state index contributed by atoms with van der Waals surface area (Å²) >= 11 is 0. The molecule has 0 aromatic heterocycles. The summed E-state index contributed by atoms with van der Waals surface area (Å²) in [6.07, 6.45) is 1.62. The summed E-state index contributed by atoms with van der Waals surface area (Å²) in [5, 5.41) is 12.1. The first kappa shape index (κ1) is 14.8. The molecule has 0 saturated heterocycles. The van der Waals surface area contributed by atoms with E-state index in [1.54, 1.807) is 48.5 Å². The van der Waals surface area contributed by atoms with Gasteiger partial charge in [-0.15, -0.1) is 0 Å². The maximum Gasteiger partial charge on any atom is 0.259 e. The van der Waals surface area contributed by atoms with Gasteiger partial charge in [0, 0.05) is 11.3 Å². The van der Waals surface area contributed by atoms with Gasteiger partial charge in [0.1, 0.15) is 12.4 Å². The quantitative estimate of drug-likeness (QED) is 0.801. The molecule has 0 atom stereocenters. The Morgan fingerprint density at radius 2 is 1.90 bits per heavy atom. The molecule has 4 nitrogen and oxygen atoms in total. The first-order valence-corrected chi connectivity index (χ1v) is 6.59. The number of carbonyl (C=O) groups excluding carboxylic acids is 1. The number of para-hydroxylation sites is 2. The summed E-state index contributed by atoms with van der Waals surface area (Å²) < 4.78 is 5.47. The predicted octanol–water partition coefficient (Wildman–Crippen LogP) is 3.00. The van der Waals surface area contributed by atoms with Crippen LogP contribution in [-0.2, 0) is 6.61 Å². The minimum atomic E-state index is -0.282. The van der Waals surface area contributed by atoms with Crippen molar-refractivity contribution >= 4 is 11.6 Å². The molecule has 0 heterocycles. The molecule has 0 aliphatic heterocycles. The van der Waals surface area contributed by atoms with Gasteiger partial charge in [-0.1, -0.05) is 43.0 Å². The van der Waals surface area contributed by atoms with Crippen LogP contribution in [0, 0.1) is 0 Å². The molecule has 0 aliphatic rings. The van der Waals surface area contributed by atoms with Gasteiger partial charge < -0.3 is 15.2 Å². The largest absolute Gasteiger partial charge is 0.489 e. The number of hydrogen-bond acceptors (Lipinski definition) is 3. The number of carbonyl (C=O) groups is 1. The number of hydrogen-bond donors (Lipinski definition) is 2. The van der Waals surface area contributed by atoms with Crippen molar-refractivity contribution in [2.75, 3.05) is 11.9 Å². The van der Waals surface area contributed by atoms with Crippen LogP contribution >= 0.6 is 0 Å². The van der Waals surface area contributed by atoms with Crippen molar-refractivity contribution in [2.24, 2.45) is 0 Å². The average molecular weight is 283 g/mol. The van der Waals surface area contributed by atoms with Crippen molar-refractivity contribution in [3.8, 4) is 5.75 Å². The Morgan fingerprint density at radius 3 is 2.67 bits per heavy atom. The lowest BCUT2D eigenvalue weighted by molar-refractivity contribution is 0.102. The van der Waals surface area contributed by atoms with E-state index in [4.69, 9.17) is 4.74 Å². The molecule has 108 valence electrons. The minimum absolute atomic E-state index is 0.134. The maximum absolute atomic E-state index is 12.4. The van der Waals surface area contributed by atoms with E-state index in [1.807, 2.05) is 6.07 Å². The third kappa shape index (κ3) is 3.70. The molecule has 1 amide bonds. The minimum Gasteiger partial charge on any atom is -0.489 e. The third-order valence-electron chi connectivity index (χ3n) is 2.92. The number of rotatable bonds is 6. The first-order valence-electron chi connectivity index (χ1n) is 6.59. The van der Waals surface area contributed by atoms with Crippen LogP contribution < -0.4 is 10.1 Å². The van der Waals surface area contributed by atoms with Crippen LogP contribution in [0.1, 0.15) is 15.9 Å². The smallest absolute Gasteiger partial charge is 0.259 e. The second-order valence-electron chi connectivity index (χ2n) is 4.37. The highest BCUT2D eigenvalue weighted by Crippen LogP contribution is 2.21. The van der Waals surface area contributed by atoms with Gasteiger partial charge in [0.2, 0.25) is 0 Å². The standard InChI is InChI=1S/C17H17NO3/c1-2-11-21-16-10-6-4-8-14(16)17(20)18-15-9-5-3-7-13(15)12-19/h2-10,19H,1,11-12H2,(H,18,20). The van der Waals surface area contributed by atoms with E-state index in [2.05, 4.69) is 11.9 Å². The first-order chi connectivity index (χ1) is 10.3. The Kier molecular flexibility index (Phi) is 5.12. The molecule has 0 unspecified atom stereocenters. The Bertz CT molecular complexity index is 637. The van der Waals surface area contributed by atoms with Crippen LogP contribution in [-0.4, -0.2) is 17.6 Å². The fourth-order valence-electron chi connectivity index (χ4n) is 1.90. The molecule has 21 heavy (non-hydrogen) atoms. The lowest BCUT2D eigenvalue weighted by atomic mass is 10.1. The molecule has 0 aliphatic carbocycles. The summed E-state index contributed by atoms with van der Waals surface area (Å²) in [7, 11) is 0. The van der Waals surface area contributed by atoms with Gasteiger partial charge in [0.15, 0.2) is 0 Å². The molecule has 0 saturated carbocycles. The van der Waals surface area contributed by atoms with Gasteiger partial charge in [0.05, 0.1) is 12.2 Å². The van der Waals surface area contributed by atoms with E-state index < -0.39 is 0 Å². The lowest BCUT2D eigenvalue weighted by Crippen LogP contribution is -2.15. The monoisotopic (exact) mass is 283 g/mol. The SMILES string of the molecule is C=CCOc1ccccc1C(=O)Nc1ccccc1CO. The van der Waals surface area contributed by atoms with Gasteiger partial charge in [-0.05, 0) is 18.2 Å². The topological polar surface area (TPSA) is 58.6 Å². The second-order valence-corrected chi connectivity index (χ2v) is 4.37. The molecular weight excluding hydrogens is 266 g/mol. The molecule has 2 aromatic carbocycles. The van der Waals surface area contributed by atoms with E-state index >= 15 is 0 Å².